The molecule has 1 amide bonds. The van der Waals surface area contributed by atoms with E-state index in [0.717, 1.165) is 24.5 Å². The molecule has 2 heterocycles. The largest absolute Gasteiger partial charge is 0.371 e. The number of rotatable bonds is 4. The normalized spacial score (nSPS) is 23.9. The molecule has 1 aromatic heterocycles. The Balaban J connectivity index is 1.50. The monoisotopic (exact) mass is 295 g/mol. The van der Waals surface area contributed by atoms with Gasteiger partial charge in [0.1, 0.15) is 11.1 Å². The summed E-state index contributed by atoms with van der Waals surface area (Å²) < 4.78 is 5.57. The zero-order chi connectivity index (χ0) is 13.8. The van der Waals surface area contributed by atoms with Crippen molar-refractivity contribution < 1.29 is 9.53 Å². The first-order valence-electron chi connectivity index (χ1n) is 7.56. The average Bonchev–Trinajstić information content (AvgIpc) is 3.10. The first-order chi connectivity index (χ1) is 9.81. The van der Waals surface area contributed by atoms with Gasteiger partial charge >= 0.3 is 0 Å². The van der Waals surface area contributed by atoms with E-state index in [2.05, 4.69) is 15.5 Å². The van der Waals surface area contributed by atoms with Crippen molar-refractivity contribution in [2.24, 2.45) is 5.92 Å². The quantitative estimate of drug-likeness (QED) is 0.925. The summed E-state index contributed by atoms with van der Waals surface area (Å²) in [4.78, 5) is 12.0. The summed E-state index contributed by atoms with van der Waals surface area (Å²) in [5, 5.41) is 12.6. The Morgan fingerprint density at radius 3 is 2.80 bits per heavy atom. The maximum Gasteiger partial charge on any atom is 0.226 e. The third-order valence-corrected chi connectivity index (χ3v) is 5.02. The number of amides is 1. The lowest BCUT2D eigenvalue weighted by atomic mass is 9.87. The van der Waals surface area contributed by atoms with Gasteiger partial charge in [-0.1, -0.05) is 30.6 Å². The van der Waals surface area contributed by atoms with Gasteiger partial charge in [0.2, 0.25) is 11.0 Å². The molecule has 1 N–H and O–H groups in total. The Bertz CT molecular complexity index is 451. The lowest BCUT2D eigenvalue weighted by molar-refractivity contribution is -0.117. The number of carbonyl (C=O) groups excluding carboxylic acids is 1. The summed E-state index contributed by atoms with van der Waals surface area (Å²) in [6, 6.07) is 0. The molecule has 2 fully saturated rings. The van der Waals surface area contributed by atoms with Crippen molar-refractivity contribution >= 4 is 22.4 Å². The van der Waals surface area contributed by atoms with Crippen molar-refractivity contribution in [3.8, 4) is 0 Å². The van der Waals surface area contributed by atoms with Crippen molar-refractivity contribution in [2.75, 3.05) is 11.9 Å². The van der Waals surface area contributed by atoms with Crippen LogP contribution in [0.5, 0.6) is 0 Å². The first kappa shape index (κ1) is 13.9. The molecule has 5 nitrogen and oxygen atoms in total. The number of hydrogen-bond donors (Lipinski definition) is 1. The van der Waals surface area contributed by atoms with Crippen molar-refractivity contribution in [3.63, 3.8) is 0 Å². The molecule has 3 rings (SSSR count). The van der Waals surface area contributed by atoms with Crippen LogP contribution in [0, 0.1) is 5.92 Å². The second kappa shape index (κ2) is 6.63. The molecule has 2 aliphatic rings. The van der Waals surface area contributed by atoms with Crippen LogP contribution >= 0.6 is 11.3 Å². The van der Waals surface area contributed by atoms with E-state index in [1.165, 1.54) is 43.4 Å². The van der Waals surface area contributed by atoms with Crippen LogP contribution in [0.15, 0.2) is 0 Å². The number of nitrogens with zero attached hydrogens (tertiary/aromatic N) is 2. The summed E-state index contributed by atoms with van der Waals surface area (Å²) >= 11 is 1.44. The van der Waals surface area contributed by atoms with Gasteiger partial charge in [-0.2, -0.15) is 0 Å². The summed E-state index contributed by atoms with van der Waals surface area (Å²) in [6.45, 7) is 0.799. The molecule has 6 heteroatoms. The highest BCUT2D eigenvalue weighted by atomic mass is 32.1. The summed E-state index contributed by atoms with van der Waals surface area (Å²) in [7, 11) is 0. The van der Waals surface area contributed by atoms with Crippen LogP contribution in [0.4, 0.5) is 5.13 Å². The third kappa shape index (κ3) is 3.55. The Morgan fingerprint density at radius 1 is 1.20 bits per heavy atom. The highest BCUT2D eigenvalue weighted by Crippen LogP contribution is 2.32. The van der Waals surface area contributed by atoms with Gasteiger partial charge in [0.25, 0.3) is 0 Å². The van der Waals surface area contributed by atoms with Crippen molar-refractivity contribution in [2.45, 2.75) is 57.5 Å². The van der Waals surface area contributed by atoms with Crippen LogP contribution in [-0.4, -0.2) is 22.7 Å². The van der Waals surface area contributed by atoms with Crippen molar-refractivity contribution in [3.05, 3.63) is 5.01 Å². The fourth-order valence-electron chi connectivity index (χ4n) is 3.01. The van der Waals surface area contributed by atoms with Gasteiger partial charge in [-0.25, -0.2) is 0 Å². The number of anilines is 1. The van der Waals surface area contributed by atoms with E-state index in [1.54, 1.807) is 0 Å². The van der Waals surface area contributed by atoms with Crippen LogP contribution in [0.3, 0.4) is 0 Å². The lowest BCUT2D eigenvalue weighted by Crippen LogP contribution is -2.18. The SMILES string of the molecule is O=C(CC1CCCCC1)Nc1nnc([C@H]2CCCO2)s1. The molecule has 0 spiro atoms. The van der Waals surface area contributed by atoms with Gasteiger partial charge in [0.05, 0.1) is 0 Å². The third-order valence-electron chi connectivity index (χ3n) is 4.09. The molecular formula is C14H21N3O2S. The van der Waals surface area contributed by atoms with Crippen LogP contribution in [0.25, 0.3) is 0 Å². The van der Waals surface area contributed by atoms with Gasteiger partial charge in [0, 0.05) is 13.0 Å². The van der Waals surface area contributed by atoms with E-state index in [9.17, 15) is 4.79 Å². The highest BCUT2D eigenvalue weighted by Gasteiger charge is 2.23. The molecule has 0 unspecified atom stereocenters. The topological polar surface area (TPSA) is 64.1 Å². The van der Waals surface area contributed by atoms with Crippen molar-refractivity contribution in [1.29, 1.82) is 0 Å². The Labute approximate surface area is 123 Å². The van der Waals surface area contributed by atoms with E-state index in [0.29, 0.717) is 17.5 Å². The number of hydrogen-bond acceptors (Lipinski definition) is 5. The molecule has 0 bridgehead atoms. The first-order valence-corrected chi connectivity index (χ1v) is 8.38. The maximum atomic E-state index is 12.0. The molecule has 1 aliphatic carbocycles. The minimum atomic E-state index is 0.0759. The van der Waals surface area contributed by atoms with E-state index in [1.807, 2.05) is 0 Å². The summed E-state index contributed by atoms with van der Waals surface area (Å²) in [5.41, 5.74) is 0. The molecule has 1 saturated carbocycles. The predicted octanol–water partition coefficient (Wildman–Crippen LogP) is 3.30. The van der Waals surface area contributed by atoms with E-state index in [-0.39, 0.29) is 12.0 Å². The number of carbonyl (C=O) groups is 1. The molecule has 1 saturated heterocycles. The zero-order valence-electron chi connectivity index (χ0n) is 11.6. The van der Waals surface area contributed by atoms with Gasteiger partial charge < -0.3 is 10.1 Å². The fourth-order valence-corrected chi connectivity index (χ4v) is 3.85. The molecule has 1 aliphatic heterocycles. The zero-order valence-corrected chi connectivity index (χ0v) is 12.5. The molecule has 0 aromatic carbocycles. The van der Waals surface area contributed by atoms with Crippen LogP contribution in [0.2, 0.25) is 0 Å². The second-order valence-corrected chi connectivity index (χ2v) is 6.71. The van der Waals surface area contributed by atoms with Gasteiger partial charge in [-0.3, -0.25) is 4.79 Å². The van der Waals surface area contributed by atoms with E-state index in [4.69, 9.17) is 4.74 Å². The van der Waals surface area contributed by atoms with Crippen LogP contribution < -0.4 is 5.32 Å². The minimum absolute atomic E-state index is 0.0759. The van der Waals surface area contributed by atoms with E-state index < -0.39 is 0 Å². The molecular weight excluding hydrogens is 274 g/mol. The minimum Gasteiger partial charge on any atom is -0.371 e. The Hall–Kier alpha value is -1.01. The number of ether oxygens (including phenoxy) is 1. The molecule has 1 aromatic rings. The lowest BCUT2D eigenvalue weighted by Gasteiger charge is -2.20. The molecule has 1 atom stereocenters. The van der Waals surface area contributed by atoms with Crippen molar-refractivity contribution in [1.82, 2.24) is 10.2 Å². The second-order valence-electron chi connectivity index (χ2n) is 5.70. The predicted molar refractivity (Wildman–Crippen MR) is 77.7 cm³/mol. The van der Waals surface area contributed by atoms with E-state index >= 15 is 0 Å². The average molecular weight is 295 g/mol. The Morgan fingerprint density at radius 2 is 2.05 bits per heavy atom. The smallest absolute Gasteiger partial charge is 0.226 e. The Kier molecular flexibility index (Phi) is 4.62. The standard InChI is InChI=1S/C14H21N3O2S/c18-12(9-10-5-2-1-3-6-10)15-14-17-16-13(20-14)11-7-4-8-19-11/h10-11H,1-9H2,(H,15,17,18)/t11-/m1/s1. The van der Waals surface area contributed by atoms with Gasteiger partial charge in [-0.05, 0) is 31.6 Å². The fraction of sp³-hybridized carbons (Fsp3) is 0.786. The van der Waals surface area contributed by atoms with Gasteiger partial charge in [-0.15, -0.1) is 10.2 Å². The van der Waals surface area contributed by atoms with Crippen LogP contribution in [0.1, 0.15) is 62.5 Å². The molecule has 110 valence electrons. The van der Waals surface area contributed by atoms with Crippen LogP contribution in [-0.2, 0) is 9.53 Å². The summed E-state index contributed by atoms with van der Waals surface area (Å²) in [6.07, 6.45) is 9.00. The molecule has 0 radical (unpaired) electrons. The van der Waals surface area contributed by atoms with Gasteiger partial charge in [0.15, 0.2) is 0 Å². The highest BCUT2D eigenvalue weighted by molar-refractivity contribution is 7.15. The summed E-state index contributed by atoms with van der Waals surface area (Å²) in [5.74, 6) is 0.626. The number of nitrogens with one attached hydrogen (secondary N) is 1. The molecule has 20 heavy (non-hydrogen) atoms. The maximum absolute atomic E-state index is 12.0. The number of aromatic nitrogens is 2.